The summed E-state index contributed by atoms with van der Waals surface area (Å²) >= 11 is 1.50. The first-order chi connectivity index (χ1) is 13.5. The molecule has 0 N–H and O–H groups in total. The van der Waals surface area contributed by atoms with Gasteiger partial charge < -0.3 is 18.8 Å². The molecule has 0 fully saturated rings. The van der Waals surface area contributed by atoms with E-state index in [2.05, 4.69) is 31.0 Å². The highest BCUT2D eigenvalue weighted by Gasteiger charge is 2.13. The van der Waals surface area contributed by atoms with Gasteiger partial charge in [-0.25, -0.2) is 0 Å². The van der Waals surface area contributed by atoms with Crippen LogP contribution in [0.1, 0.15) is 21.5 Å². The quantitative estimate of drug-likeness (QED) is 0.633. The molecule has 0 atom stereocenters. The van der Waals surface area contributed by atoms with Crippen molar-refractivity contribution in [1.29, 1.82) is 0 Å². The van der Waals surface area contributed by atoms with Crippen molar-refractivity contribution in [3.63, 3.8) is 0 Å². The Morgan fingerprint density at radius 3 is 2.43 bits per heavy atom. The predicted molar refractivity (Wildman–Crippen MR) is 111 cm³/mol. The van der Waals surface area contributed by atoms with Crippen LogP contribution in [0.3, 0.4) is 0 Å². The Morgan fingerprint density at radius 2 is 1.75 bits per heavy atom. The smallest absolute Gasteiger partial charge is 0.279 e. The summed E-state index contributed by atoms with van der Waals surface area (Å²) in [6.45, 7) is 5.33. The summed E-state index contributed by atoms with van der Waals surface area (Å²) < 4.78 is 18.9. The lowest BCUT2D eigenvalue weighted by Crippen LogP contribution is -2.19. The Bertz CT molecular complexity index is 1080. The summed E-state index contributed by atoms with van der Waals surface area (Å²) in [7, 11) is 4.76. The monoisotopic (exact) mass is 400 g/mol. The number of methoxy groups -OCH3 is 3. The summed E-state index contributed by atoms with van der Waals surface area (Å²) in [5.41, 5.74) is 3.92. The zero-order valence-electron chi connectivity index (χ0n) is 16.7. The first-order valence-electron chi connectivity index (χ1n) is 8.89. The summed E-state index contributed by atoms with van der Waals surface area (Å²) in [5.74, 6) is 0.743. The molecule has 148 valence electrons. The van der Waals surface area contributed by atoms with Crippen molar-refractivity contribution in [2.45, 2.75) is 20.4 Å². The number of hydrogen-bond donors (Lipinski definition) is 0. The molecule has 0 aliphatic heterocycles. The fraction of sp³-hybridized carbons (Fsp3) is 0.333. The highest BCUT2D eigenvalue weighted by Crippen LogP contribution is 2.28. The normalized spacial score (nSPS) is 11.8. The van der Waals surface area contributed by atoms with Crippen LogP contribution in [-0.2, 0) is 11.3 Å². The Morgan fingerprint density at radius 1 is 1.04 bits per heavy atom. The first kappa shape index (κ1) is 20.1. The second kappa shape index (κ2) is 8.58. The first-order valence-corrected chi connectivity index (χ1v) is 9.70. The number of amides is 1. The van der Waals surface area contributed by atoms with Gasteiger partial charge in [0.05, 0.1) is 31.0 Å². The van der Waals surface area contributed by atoms with Gasteiger partial charge in [-0.15, -0.1) is 0 Å². The van der Waals surface area contributed by atoms with Crippen LogP contribution in [-0.4, -0.2) is 38.4 Å². The number of aromatic nitrogens is 1. The van der Waals surface area contributed by atoms with Crippen molar-refractivity contribution in [1.82, 2.24) is 4.57 Å². The highest BCUT2D eigenvalue weighted by atomic mass is 32.1. The van der Waals surface area contributed by atoms with E-state index in [1.165, 1.54) is 22.5 Å². The fourth-order valence-electron chi connectivity index (χ4n) is 2.93. The maximum Gasteiger partial charge on any atom is 0.279 e. The second-order valence-corrected chi connectivity index (χ2v) is 7.43. The third-order valence-corrected chi connectivity index (χ3v) is 5.69. The second-order valence-electron chi connectivity index (χ2n) is 6.42. The van der Waals surface area contributed by atoms with E-state index >= 15 is 0 Å². The van der Waals surface area contributed by atoms with Crippen molar-refractivity contribution in [2.24, 2.45) is 4.99 Å². The molecule has 0 bridgehead atoms. The Labute approximate surface area is 168 Å². The Hall–Kier alpha value is -2.64. The average molecular weight is 401 g/mol. The van der Waals surface area contributed by atoms with Crippen LogP contribution < -0.4 is 14.3 Å². The molecule has 0 saturated carbocycles. The summed E-state index contributed by atoms with van der Waals surface area (Å²) in [6, 6.07) is 9.31. The van der Waals surface area contributed by atoms with E-state index in [0.29, 0.717) is 35.0 Å². The standard InChI is InChI=1S/C21H24N2O4S/c1-13-10-16-19(11-14(13)2)28-21(23(16)8-9-25-3)22-20(24)15-6-7-17(26-4)18(12-15)27-5/h6-7,10-12H,8-9H2,1-5H3. The van der Waals surface area contributed by atoms with E-state index < -0.39 is 0 Å². The fourth-order valence-corrected chi connectivity index (χ4v) is 4.06. The molecule has 1 amide bonds. The zero-order chi connectivity index (χ0) is 20.3. The number of fused-ring (bicyclic) bond motifs is 1. The summed E-state index contributed by atoms with van der Waals surface area (Å²) in [6.07, 6.45) is 0. The van der Waals surface area contributed by atoms with Crippen LogP contribution in [0.4, 0.5) is 0 Å². The minimum absolute atomic E-state index is 0.327. The number of ether oxygens (including phenoxy) is 3. The molecule has 0 aliphatic rings. The highest BCUT2D eigenvalue weighted by molar-refractivity contribution is 7.16. The van der Waals surface area contributed by atoms with Crippen molar-refractivity contribution >= 4 is 27.5 Å². The molecule has 1 aromatic heterocycles. The van der Waals surface area contributed by atoms with Crippen molar-refractivity contribution in [2.75, 3.05) is 27.9 Å². The molecule has 6 nitrogen and oxygen atoms in total. The molecular weight excluding hydrogens is 376 g/mol. The van der Waals surface area contributed by atoms with E-state index in [1.54, 1.807) is 39.5 Å². The minimum Gasteiger partial charge on any atom is -0.493 e. The predicted octanol–water partition coefficient (Wildman–Crippen LogP) is 3.72. The van der Waals surface area contributed by atoms with E-state index in [0.717, 1.165) is 10.2 Å². The van der Waals surface area contributed by atoms with Crippen LogP contribution in [0.2, 0.25) is 0 Å². The number of hydrogen-bond acceptors (Lipinski definition) is 5. The molecular formula is C21H24N2O4S. The van der Waals surface area contributed by atoms with Crippen molar-refractivity contribution < 1.29 is 19.0 Å². The van der Waals surface area contributed by atoms with Crippen molar-refractivity contribution in [3.8, 4) is 11.5 Å². The molecule has 0 radical (unpaired) electrons. The number of carbonyl (C=O) groups is 1. The van der Waals surface area contributed by atoms with Crippen molar-refractivity contribution in [3.05, 3.63) is 51.8 Å². The van der Waals surface area contributed by atoms with Gasteiger partial charge in [0.1, 0.15) is 0 Å². The average Bonchev–Trinajstić information content (AvgIpc) is 3.01. The maximum atomic E-state index is 12.8. The van der Waals surface area contributed by atoms with Gasteiger partial charge in [-0.05, 0) is 55.3 Å². The molecule has 7 heteroatoms. The van der Waals surface area contributed by atoms with Gasteiger partial charge in [0, 0.05) is 19.2 Å². The number of rotatable bonds is 6. The molecule has 0 spiro atoms. The summed E-state index contributed by atoms with van der Waals surface area (Å²) in [4.78, 5) is 17.9. The molecule has 3 aromatic rings. The topological polar surface area (TPSA) is 62.1 Å². The lowest BCUT2D eigenvalue weighted by atomic mass is 10.1. The molecule has 0 saturated heterocycles. The maximum absolute atomic E-state index is 12.8. The van der Waals surface area contributed by atoms with Gasteiger partial charge >= 0.3 is 0 Å². The number of carbonyl (C=O) groups excluding carboxylic acids is 1. The largest absolute Gasteiger partial charge is 0.493 e. The van der Waals surface area contributed by atoms with Crippen LogP contribution in [0, 0.1) is 13.8 Å². The number of aryl methyl sites for hydroxylation is 2. The third kappa shape index (κ3) is 3.95. The van der Waals surface area contributed by atoms with Gasteiger partial charge in [-0.3, -0.25) is 4.79 Å². The lowest BCUT2D eigenvalue weighted by Gasteiger charge is -2.08. The Kier molecular flexibility index (Phi) is 6.16. The molecule has 0 unspecified atom stereocenters. The SMILES string of the molecule is COCCn1c(=NC(=O)c2ccc(OC)c(OC)c2)sc2cc(C)c(C)cc21. The summed E-state index contributed by atoms with van der Waals surface area (Å²) in [5, 5.41) is 0. The Balaban J connectivity index is 2.11. The number of thiazole rings is 1. The van der Waals surface area contributed by atoms with Crippen LogP contribution in [0.25, 0.3) is 10.2 Å². The molecule has 0 aliphatic carbocycles. The minimum atomic E-state index is -0.327. The van der Waals surface area contributed by atoms with Gasteiger partial charge in [-0.1, -0.05) is 11.3 Å². The van der Waals surface area contributed by atoms with E-state index in [4.69, 9.17) is 14.2 Å². The molecule has 1 heterocycles. The van der Waals surface area contributed by atoms with Crippen LogP contribution in [0.15, 0.2) is 35.3 Å². The third-order valence-electron chi connectivity index (χ3n) is 4.64. The lowest BCUT2D eigenvalue weighted by molar-refractivity contribution is 0.0997. The van der Waals surface area contributed by atoms with Gasteiger partial charge in [0.2, 0.25) is 0 Å². The van der Waals surface area contributed by atoms with E-state index in [9.17, 15) is 4.79 Å². The van der Waals surface area contributed by atoms with Gasteiger partial charge in [0.25, 0.3) is 5.91 Å². The van der Waals surface area contributed by atoms with E-state index in [1.807, 2.05) is 4.57 Å². The van der Waals surface area contributed by atoms with Crippen LogP contribution in [0.5, 0.6) is 11.5 Å². The zero-order valence-corrected chi connectivity index (χ0v) is 17.6. The number of benzene rings is 2. The van der Waals surface area contributed by atoms with Crippen LogP contribution >= 0.6 is 11.3 Å². The number of nitrogens with zero attached hydrogens (tertiary/aromatic N) is 2. The molecule has 28 heavy (non-hydrogen) atoms. The molecule has 3 rings (SSSR count). The van der Waals surface area contributed by atoms with Gasteiger partial charge in [-0.2, -0.15) is 4.99 Å². The van der Waals surface area contributed by atoms with Gasteiger partial charge in [0.15, 0.2) is 16.3 Å². The van der Waals surface area contributed by atoms with E-state index in [-0.39, 0.29) is 5.91 Å². The molecule has 2 aromatic carbocycles.